The van der Waals surface area contributed by atoms with Crippen molar-refractivity contribution in [3.8, 4) is 0 Å². The minimum Gasteiger partial charge on any atom is -0.345 e. The smallest absolute Gasteiger partial charge is 0.186 e. The molecule has 2 aliphatic rings. The van der Waals surface area contributed by atoms with E-state index in [2.05, 4.69) is 38.3 Å². The summed E-state index contributed by atoms with van der Waals surface area (Å²) in [4.78, 5) is 8.79. The van der Waals surface area contributed by atoms with Gasteiger partial charge in [-0.2, -0.15) is 0 Å². The Kier molecular flexibility index (Phi) is 3.72. The van der Waals surface area contributed by atoms with Crippen LogP contribution in [0.2, 0.25) is 0 Å². The molecule has 1 aliphatic heterocycles. The van der Waals surface area contributed by atoms with Crippen LogP contribution in [0.25, 0.3) is 6.08 Å². The highest BCUT2D eigenvalue weighted by atomic mass is 32.1. The number of nitrogens with zero attached hydrogens (tertiary/aromatic N) is 2. The van der Waals surface area contributed by atoms with Crippen molar-refractivity contribution in [3.05, 3.63) is 28.8 Å². The Morgan fingerprint density at radius 2 is 2.30 bits per heavy atom. The van der Waals surface area contributed by atoms with Gasteiger partial charge in [-0.05, 0) is 44.1 Å². The van der Waals surface area contributed by atoms with Gasteiger partial charge in [-0.3, -0.25) is 0 Å². The van der Waals surface area contributed by atoms with Gasteiger partial charge in [0.2, 0.25) is 0 Å². The Bertz CT molecular complexity index is 541. The minimum absolute atomic E-state index is 0.739. The number of allylic oxidation sites excluding steroid dienone is 2. The molecule has 3 unspecified atom stereocenters. The number of anilines is 1. The number of thiazole rings is 1. The van der Waals surface area contributed by atoms with Crippen LogP contribution in [0.1, 0.15) is 44.2 Å². The number of piperidine rings is 1. The van der Waals surface area contributed by atoms with Crippen molar-refractivity contribution in [3.63, 3.8) is 0 Å². The Morgan fingerprint density at radius 1 is 1.50 bits per heavy atom. The summed E-state index contributed by atoms with van der Waals surface area (Å²) >= 11 is 1.86. The SMILES string of the molecule is C=C/C(C)=C\c1sc(N2CC3CC2CC3C)nc1CC. The van der Waals surface area contributed by atoms with Crippen molar-refractivity contribution < 1.29 is 0 Å². The van der Waals surface area contributed by atoms with Gasteiger partial charge in [0.1, 0.15) is 0 Å². The Hall–Kier alpha value is -1.09. The second kappa shape index (κ2) is 5.36. The van der Waals surface area contributed by atoms with Crippen LogP contribution in [0.15, 0.2) is 18.2 Å². The van der Waals surface area contributed by atoms with Crippen LogP contribution < -0.4 is 4.90 Å². The van der Waals surface area contributed by atoms with E-state index in [1.165, 1.54) is 40.7 Å². The highest BCUT2D eigenvalue weighted by Gasteiger charge is 2.43. The molecule has 1 aromatic rings. The summed E-state index contributed by atoms with van der Waals surface area (Å²) in [5, 5.41) is 1.24. The van der Waals surface area contributed by atoms with Crippen LogP contribution in [0.5, 0.6) is 0 Å². The molecule has 2 bridgehead atoms. The van der Waals surface area contributed by atoms with Crippen LogP contribution in [-0.4, -0.2) is 17.6 Å². The molecule has 1 saturated carbocycles. The van der Waals surface area contributed by atoms with Crippen LogP contribution in [0.3, 0.4) is 0 Å². The minimum atomic E-state index is 0.739. The van der Waals surface area contributed by atoms with Crippen molar-refractivity contribution in [1.29, 1.82) is 0 Å². The van der Waals surface area contributed by atoms with E-state index in [1.54, 1.807) is 0 Å². The molecule has 108 valence electrons. The first-order valence-electron chi connectivity index (χ1n) is 7.69. The number of hydrogen-bond acceptors (Lipinski definition) is 3. The second-order valence-corrected chi connectivity index (χ2v) is 7.28. The third-order valence-corrected chi connectivity index (χ3v) is 5.95. The van der Waals surface area contributed by atoms with Gasteiger partial charge in [0.15, 0.2) is 5.13 Å². The molecule has 3 rings (SSSR count). The summed E-state index contributed by atoms with van der Waals surface area (Å²) < 4.78 is 0. The molecule has 2 nitrogen and oxygen atoms in total. The van der Waals surface area contributed by atoms with Gasteiger partial charge in [0, 0.05) is 12.6 Å². The van der Waals surface area contributed by atoms with E-state index in [4.69, 9.17) is 4.98 Å². The van der Waals surface area contributed by atoms with Gasteiger partial charge in [0.25, 0.3) is 0 Å². The zero-order valence-electron chi connectivity index (χ0n) is 12.7. The lowest BCUT2D eigenvalue weighted by molar-refractivity contribution is 0.406. The first-order chi connectivity index (χ1) is 9.62. The average Bonchev–Trinajstić information content (AvgIpc) is 3.11. The van der Waals surface area contributed by atoms with E-state index < -0.39 is 0 Å². The molecule has 0 spiro atoms. The molecule has 1 saturated heterocycles. The Balaban J connectivity index is 1.87. The Morgan fingerprint density at radius 3 is 2.85 bits per heavy atom. The maximum Gasteiger partial charge on any atom is 0.186 e. The lowest BCUT2D eigenvalue weighted by Gasteiger charge is -2.29. The summed E-state index contributed by atoms with van der Waals surface area (Å²) in [5.41, 5.74) is 2.45. The number of fused-ring (bicyclic) bond motifs is 2. The number of rotatable bonds is 4. The molecule has 3 heteroatoms. The zero-order chi connectivity index (χ0) is 14.3. The summed E-state index contributed by atoms with van der Waals surface area (Å²) in [5.74, 6) is 1.80. The largest absolute Gasteiger partial charge is 0.345 e. The lowest BCUT2D eigenvalue weighted by Crippen LogP contribution is -2.34. The first-order valence-corrected chi connectivity index (χ1v) is 8.51. The van der Waals surface area contributed by atoms with E-state index in [9.17, 15) is 0 Å². The molecule has 0 radical (unpaired) electrons. The van der Waals surface area contributed by atoms with E-state index >= 15 is 0 Å². The van der Waals surface area contributed by atoms with Crippen LogP contribution in [0.4, 0.5) is 5.13 Å². The standard InChI is InChI=1S/C17H24N2S/c1-5-11(3)7-16-15(6-2)18-17(20-16)19-10-13-9-14(19)8-12(13)4/h5,7,12-14H,1,6,8-10H2,2-4H3/b11-7-. The molecular weight excluding hydrogens is 264 g/mol. The van der Waals surface area contributed by atoms with Gasteiger partial charge < -0.3 is 4.90 Å². The molecule has 1 aromatic heterocycles. The summed E-state index contributed by atoms with van der Waals surface area (Å²) in [6.45, 7) is 11.8. The van der Waals surface area contributed by atoms with E-state index in [1.807, 2.05) is 17.4 Å². The van der Waals surface area contributed by atoms with E-state index in [0.29, 0.717) is 0 Å². The third kappa shape index (κ3) is 2.32. The van der Waals surface area contributed by atoms with Crippen molar-refractivity contribution >= 4 is 22.5 Å². The third-order valence-electron chi connectivity index (χ3n) is 4.87. The topological polar surface area (TPSA) is 16.1 Å². The molecule has 0 aromatic carbocycles. The number of aryl methyl sites for hydroxylation is 1. The Labute approximate surface area is 126 Å². The van der Waals surface area contributed by atoms with Crippen molar-refractivity contribution in [2.75, 3.05) is 11.4 Å². The van der Waals surface area contributed by atoms with Crippen LogP contribution >= 0.6 is 11.3 Å². The van der Waals surface area contributed by atoms with Crippen molar-refractivity contribution in [1.82, 2.24) is 4.98 Å². The molecule has 0 amide bonds. The second-order valence-electron chi connectivity index (χ2n) is 6.27. The van der Waals surface area contributed by atoms with Crippen LogP contribution in [0, 0.1) is 11.8 Å². The van der Waals surface area contributed by atoms with E-state index in [-0.39, 0.29) is 0 Å². The van der Waals surface area contributed by atoms with Gasteiger partial charge in [0.05, 0.1) is 10.6 Å². The normalized spacial score (nSPS) is 29.2. The number of hydrogen-bond donors (Lipinski definition) is 0. The highest BCUT2D eigenvalue weighted by Crippen LogP contribution is 2.45. The molecule has 3 atom stereocenters. The van der Waals surface area contributed by atoms with Gasteiger partial charge >= 0.3 is 0 Å². The molecule has 1 aliphatic carbocycles. The summed E-state index contributed by atoms with van der Waals surface area (Å²) in [6.07, 6.45) is 7.87. The number of aromatic nitrogens is 1. The predicted octanol–water partition coefficient (Wildman–Crippen LogP) is 4.53. The first kappa shape index (κ1) is 13.9. The molecular formula is C17H24N2S. The fraction of sp³-hybridized carbons (Fsp3) is 0.588. The monoisotopic (exact) mass is 288 g/mol. The maximum atomic E-state index is 4.91. The van der Waals surface area contributed by atoms with Gasteiger partial charge in [-0.1, -0.05) is 43.4 Å². The average molecular weight is 288 g/mol. The predicted molar refractivity (Wildman–Crippen MR) is 88.4 cm³/mol. The molecule has 2 fully saturated rings. The quantitative estimate of drug-likeness (QED) is 0.757. The van der Waals surface area contributed by atoms with Crippen molar-refractivity contribution in [2.45, 2.75) is 46.1 Å². The lowest BCUT2D eigenvalue weighted by atomic mass is 9.97. The maximum absolute atomic E-state index is 4.91. The summed E-state index contributed by atoms with van der Waals surface area (Å²) in [6, 6.07) is 0.739. The van der Waals surface area contributed by atoms with Crippen molar-refractivity contribution in [2.24, 2.45) is 11.8 Å². The fourth-order valence-electron chi connectivity index (χ4n) is 3.55. The molecule has 2 heterocycles. The molecule has 0 N–H and O–H groups in total. The summed E-state index contributed by atoms with van der Waals surface area (Å²) in [7, 11) is 0. The highest BCUT2D eigenvalue weighted by molar-refractivity contribution is 7.16. The van der Waals surface area contributed by atoms with E-state index in [0.717, 1.165) is 24.3 Å². The van der Waals surface area contributed by atoms with Crippen LogP contribution in [-0.2, 0) is 6.42 Å². The van der Waals surface area contributed by atoms with Gasteiger partial charge in [-0.25, -0.2) is 4.98 Å². The van der Waals surface area contributed by atoms with Gasteiger partial charge in [-0.15, -0.1) is 0 Å². The fourth-order valence-corrected chi connectivity index (χ4v) is 4.80. The zero-order valence-corrected chi connectivity index (χ0v) is 13.5. The molecule has 20 heavy (non-hydrogen) atoms.